The topological polar surface area (TPSA) is 50.2 Å². The number of likely N-dealkylation sites (tertiary alicyclic amines) is 1. The molecule has 1 unspecified atom stereocenters. The number of carbonyl (C=O) groups excluding carboxylic acids is 1. The van der Waals surface area contributed by atoms with E-state index in [1.54, 1.807) is 16.8 Å². The first-order chi connectivity index (χ1) is 12.6. The molecule has 0 bridgehead atoms. The maximum absolute atomic E-state index is 13.2. The van der Waals surface area contributed by atoms with Gasteiger partial charge >= 0.3 is 0 Å². The molecule has 5 nitrogen and oxygen atoms in total. The molecule has 1 amide bonds. The first-order valence-corrected chi connectivity index (χ1v) is 9.61. The quantitative estimate of drug-likeness (QED) is 0.714. The Labute approximate surface area is 167 Å². The lowest BCUT2D eigenvalue weighted by atomic mass is 10.2. The number of aryl methyl sites for hydroxylation is 1. The summed E-state index contributed by atoms with van der Waals surface area (Å²) in [7, 11) is 1.92. The highest BCUT2D eigenvalue weighted by Crippen LogP contribution is 2.32. The predicted octanol–water partition coefficient (Wildman–Crippen LogP) is 3.78. The van der Waals surface area contributed by atoms with E-state index in [0.717, 1.165) is 52.4 Å². The van der Waals surface area contributed by atoms with E-state index in [9.17, 15) is 9.18 Å². The van der Waals surface area contributed by atoms with Gasteiger partial charge in [-0.3, -0.25) is 4.79 Å². The van der Waals surface area contributed by atoms with Crippen molar-refractivity contribution < 1.29 is 9.18 Å². The summed E-state index contributed by atoms with van der Waals surface area (Å²) in [4.78, 5) is 16.7. The van der Waals surface area contributed by atoms with Crippen LogP contribution in [-0.4, -0.2) is 46.8 Å². The SMILES string of the molecule is CNCC1CCCN1C(=O)c1cc2c(C)nn(-c3ccc(F)cc3)c2s1.Cl. The van der Waals surface area contributed by atoms with Crippen molar-refractivity contribution in [2.75, 3.05) is 20.1 Å². The van der Waals surface area contributed by atoms with Crippen molar-refractivity contribution >= 4 is 39.9 Å². The number of likely N-dealkylation sites (N-methyl/N-ethyl adjacent to an activating group) is 1. The van der Waals surface area contributed by atoms with E-state index in [2.05, 4.69) is 10.4 Å². The number of nitrogens with one attached hydrogen (secondary N) is 1. The number of halogens is 2. The summed E-state index contributed by atoms with van der Waals surface area (Å²) in [5.41, 5.74) is 1.66. The van der Waals surface area contributed by atoms with Crippen molar-refractivity contribution in [3.63, 3.8) is 0 Å². The van der Waals surface area contributed by atoms with Crippen LogP contribution >= 0.6 is 23.7 Å². The largest absolute Gasteiger partial charge is 0.334 e. The molecule has 1 atom stereocenters. The van der Waals surface area contributed by atoms with E-state index in [1.807, 2.05) is 24.9 Å². The molecule has 8 heteroatoms. The molecule has 27 heavy (non-hydrogen) atoms. The maximum atomic E-state index is 13.2. The molecular formula is C19H22ClFN4OS. The van der Waals surface area contributed by atoms with Gasteiger partial charge in [0, 0.05) is 24.5 Å². The monoisotopic (exact) mass is 408 g/mol. The first kappa shape index (κ1) is 19.8. The van der Waals surface area contributed by atoms with Gasteiger partial charge in [-0.25, -0.2) is 9.07 Å². The Kier molecular flexibility index (Phi) is 5.83. The number of thiophene rings is 1. The first-order valence-electron chi connectivity index (χ1n) is 8.79. The lowest BCUT2D eigenvalue weighted by Crippen LogP contribution is -2.40. The van der Waals surface area contributed by atoms with Gasteiger partial charge in [-0.1, -0.05) is 0 Å². The van der Waals surface area contributed by atoms with Crippen LogP contribution in [0.5, 0.6) is 0 Å². The zero-order chi connectivity index (χ0) is 18.3. The number of nitrogens with zero attached hydrogens (tertiary/aromatic N) is 3. The maximum Gasteiger partial charge on any atom is 0.264 e. The smallest absolute Gasteiger partial charge is 0.264 e. The fourth-order valence-corrected chi connectivity index (χ4v) is 4.74. The van der Waals surface area contributed by atoms with Gasteiger partial charge in [0.2, 0.25) is 0 Å². The van der Waals surface area contributed by atoms with Crippen LogP contribution < -0.4 is 5.32 Å². The number of hydrogen-bond donors (Lipinski definition) is 1. The number of rotatable bonds is 4. The highest BCUT2D eigenvalue weighted by molar-refractivity contribution is 7.20. The average Bonchev–Trinajstić information content (AvgIpc) is 3.33. The third-order valence-electron chi connectivity index (χ3n) is 4.90. The minimum atomic E-state index is -0.277. The molecule has 144 valence electrons. The Morgan fingerprint density at radius 3 is 2.81 bits per heavy atom. The summed E-state index contributed by atoms with van der Waals surface area (Å²) in [5, 5.41) is 8.72. The predicted molar refractivity (Wildman–Crippen MR) is 109 cm³/mol. The number of amides is 1. The Bertz CT molecular complexity index is 953. The molecule has 1 saturated heterocycles. The third-order valence-corrected chi connectivity index (χ3v) is 6.00. The van der Waals surface area contributed by atoms with Crippen molar-refractivity contribution in [2.45, 2.75) is 25.8 Å². The van der Waals surface area contributed by atoms with Crippen molar-refractivity contribution in [1.82, 2.24) is 20.0 Å². The molecule has 1 fully saturated rings. The highest BCUT2D eigenvalue weighted by atomic mass is 35.5. The van der Waals surface area contributed by atoms with E-state index < -0.39 is 0 Å². The molecule has 1 aliphatic rings. The molecule has 1 aliphatic heterocycles. The number of carbonyl (C=O) groups is 1. The van der Waals surface area contributed by atoms with E-state index in [0.29, 0.717) is 0 Å². The summed E-state index contributed by atoms with van der Waals surface area (Å²) in [5.74, 6) is -0.186. The second-order valence-electron chi connectivity index (χ2n) is 6.66. The van der Waals surface area contributed by atoms with Crippen molar-refractivity contribution in [3.05, 3.63) is 46.7 Å². The molecule has 0 saturated carbocycles. The van der Waals surface area contributed by atoms with Gasteiger partial charge in [0.1, 0.15) is 10.6 Å². The molecule has 3 heterocycles. The number of hydrogen-bond acceptors (Lipinski definition) is 4. The minimum absolute atomic E-state index is 0. The van der Waals surface area contributed by atoms with Crippen molar-refractivity contribution in [2.24, 2.45) is 0 Å². The highest BCUT2D eigenvalue weighted by Gasteiger charge is 2.30. The fraction of sp³-hybridized carbons (Fsp3) is 0.368. The van der Waals surface area contributed by atoms with Crippen LogP contribution in [0.1, 0.15) is 28.2 Å². The van der Waals surface area contributed by atoms with Crippen molar-refractivity contribution in [1.29, 1.82) is 0 Å². The van der Waals surface area contributed by atoms with E-state index in [4.69, 9.17) is 0 Å². The molecule has 3 aromatic rings. The molecular weight excluding hydrogens is 387 g/mol. The Morgan fingerprint density at radius 1 is 1.37 bits per heavy atom. The third kappa shape index (κ3) is 3.59. The van der Waals surface area contributed by atoms with Gasteiger partial charge in [-0.15, -0.1) is 23.7 Å². The zero-order valence-electron chi connectivity index (χ0n) is 15.2. The van der Waals surface area contributed by atoms with E-state index >= 15 is 0 Å². The van der Waals surface area contributed by atoms with Crippen LogP contribution in [0.2, 0.25) is 0 Å². The molecule has 4 rings (SSSR count). The van der Waals surface area contributed by atoms with Gasteiger partial charge in [0.05, 0.1) is 16.3 Å². The Balaban J connectivity index is 0.00000210. The van der Waals surface area contributed by atoms with Crippen LogP contribution in [0, 0.1) is 12.7 Å². The van der Waals surface area contributed by atoms with Crippen LogP contribution in [0.3, 0.4) is 0 Å². The molecule has 2 aromatic heterocycles. The second kappa shape index (κ2) is 7.96. The average molecular weight is 409 g/mol. The lowest BCUT2D eigenvalue weighted by molar-refractivity contribution is 0.0742. The number of aromatic nitrogens is 2. The van der Waals surface area contributed by atoms with Gasteiger partial charge < -0.3 is 10.2 Å². The molecule has 0 aliphatic carbocycles. The molecule has 1 aromatic carbocycles. The molecule has 0 spiro atoms. The fourth-order valence-electron chi connectivity index (χ4n) is 3.60. The second-order valence-corrected chi connectivity index (χ2v) is 7.69. The van der Waals surface area contributed by atoms with Gasteiger partial charge in [-0.2, -0.15) is 5.10 Å². The standard InChI is InChI=1S/C19H21FN4OS.ClH/c1-12-16-10-17(18(25)23-9-3-4-15(23)11-21-2)26-19(16)24(22-12)14-7-5-13(20)6-8-14;/h5-8,10,15,21H,3-4,9,11H2,1-2H3;1H. The van der Waals surface area contributed by atoms with Gasteiger partial charge in [-0.05, 0) is 57.1 Å². The summed E-state index contributed by atoms with van der Waals surface area (Å²) < 4.78 is 15.0. The van der Waals surface area contributed by atoms with Crippen molar-refractivity contribution in [3.8, 4) is 5.69 Å². The number of fused-ring (bicyclic) bond motifs is 1. The molecule has 0 radical (unpaired) electrons. The Morgan fingerprint density at radius 2 is 2.11 bits per heavy atom. The molecule has 1 N–H and O–H groups in total. The summed E-state index contributed by atoms with van der Waals surface area (Å²) in [6.45, 7) is 3.56. The van der Waals surface area contributed by atoms with Crippen LogP contribution in [0.4, 0.5) is 4.39 Å². The van der Waals surface area contributed by atoms with E-state index in [-0.39, 0.29) is 30.2 Å². The summed E-state index contributed by atoms with van der Waals surface area (Å²) in [6, 6.07) is 8.44. The van der Waals surface area contributed by atoms with Gasteiger partial charge in [0.25, 0.3) is 5.91 Å². The van der Waals surface area contributed by atoms with Crippen LogP contribution in [-0.2, 0) is 0 Å². The van der Waals surface area contributed by atoms with Crippen LogP contribution in [0.15, 0.2) is 30.3 Å². The van der Waals surface area contributed by atoms with E-state index in [1.165, 1.54) is 23.5 Å². The zero-order valence-corrected chi connectivity index (χ0v) is 16.9. The summed E-state index contributed by atoms with van der Waals surface area (Å²) in [6.07, 6.45) is 2.09. The lowest BCUT2D eigenvalue weighted by Gasteiger charge is -2.23. The number of benzene rings is 1. The minimum Gasteiger partial charge on any atom is -0.334 e. The normalized spacial score (nSPS) is 16.7. The van der Waals surface area contributed by atoms with Crippen LogP contribution in [0.25, 0.3) is 15.9 Å². The summed E-state index contributed by atoms with van der Waals surface area (Å²) >= 11 is 1.45. The van der Waals surface area contributed by atoms with Gasteiger partial charge in [0.15, 0.2) is 0 Å². The Hall–Kier alpha value is -1.96.